The van der Waals surface area contributed by atoms with Gasteiger partial charge in [0.15, 0.2) is 11.6 Å². The lowest BCUT2D eigenvalue weighted by Crippen LogP contribution is -2.31. The number of halogens is 4. The summed E-state index contributed by atoms with van der Waals surface area (Å²) < 4.78 is 59.2. The first kappa shape index (κ1) is 19.4. The fourth-order valence-electron chi connectivity index (χ4n) is 3.36. The highest BCUT2D eigenvalue weighted by molar-refractivity contribution is 5.70. The Morgan fingerprint density at radius 2 is 2.10 bits per heavy atom. The second-order valence-corrected chi connectivity index (χ2v) is 6.95. The molecule has 3 heterocycles. The van der Waals surface area contributed by atoms with Crippen molar-refractivity contribution >= 4 is 12.4 Å². The summed E-state index contributed by atoms with van der Waals surface area (Å²) in [4.78, 5) is 8.54. The van der Waals surface area contributed by atoms with Crippen LogP contribution in [0, 0.1) is 12.8 Å². The number of phenolic OH excluding ortho intramolecular Hbond substituents is 1. The minimum absolute atomic E-state index is 0.0368. The molecule has 2 atom stereocenters. The molecule has 29 heavy (non-hydrogen) atoms. The van der Waals surface area contributed by atoms with E-state index in [2.05, 4.69) is 15.1 Å². The van der Waals surface area contributed by atoms with Crippen LogP contribution in [0.4, 0.5) is 17.6 Å². The number of hydrogen-bond donors (Lipinski definition) is 1. The normalized spacial score (nSPS) is 22.9. The number of alkyl halides is 4. The van der Waals surface area contributed by atoms with Gasteiger partial charge in [-0.1, -0.05) is 4.68 Å². The summed E-state index contributed by atoms with van der Waals surface area (Å²) >= 11 is 0. The van der Waals surface area contributed by atoms with Crippen molar-refractivity contribution in [3.63, 3.8) is 0 Å². The van der Waals surface area contributed by atoms with E-state index in [0.29, 0.717) is 24.4 Å². The van der Waals surface area contributed by atoms with Gasteiger partial charge in [-0.3, -0.25) is 0 Å². The van der Waals surface area contributed by atoms with Crippen molar-refractivity contribution in [3.8, 4) is 17.0 Å². The van der Waals surface area contributed by atoms with E-state index < -0.39 is 23.7 Å². The van der Waals surface area contributed by atoms with Gasteiger partial charge in [0.1, 0.15) is 11.9 Å². The number of aryl methyl sites for hydroxylation is 1. The summed E-state index contributed by atoms with van der Waals surface area (Å²) in [5.41, 5.74) is -0.152. The van der Waals surface area contributed by atoms with Gasteiger partial charge in [-0.25, -0.2) is 14.4 Å². The number of rotatable bonds is 2. The summed E-state index contributed by atoms with van der Waals surface area (Å²) in [6.07, 6.45) is -0.578. The summed E-state index contributed by atoms with van der Waals surface area (Å²) in [6.45, 7) is 1.96. The van der Waals surface area contributed by atoms with Gasteiger partial charge >= 0.3 is 6.18 Å². The van der Waals surface area contributed by atoms with Crippen molar-refractivity contribution in [1.29, 1.82) is 0 Å². The zero-order valence-electron chi connectivity index (χ0n) is 15.3. The molecule has 1 saturated heterocycles. The first-order valence-corrected chi connectivity index (χ1v) is 8.92. The maximum absolute atomic E-state index is 13.9. The van der Waals surface area contributed by atoms with E-state index >= 15 is 0 Å². The Bertz CT molecular complexity index is 1090. The maximum Gasteiger partial charge on any atom is 0.416 e. The quantitative estimate of drug-likeness (QED) is 0.608. The van der Waals surface area contributed by atoms with Crippen molar-refractivity contribution in [3.05, 3.63) is 40.3 Å². The van der Waals surface area contributed by atoms with Crippen molar-refractivity contribution in [2.45, 2.75) is 25.7 Å². The van der Waals surface area contributed by atoms with Crippen LogP contribution < -0.4 is 10.8 Å². The topological polar surface area (TPSA) is 70.6 Å². The molecule has 2 aromatic rings. The number of hydrogen-bond acceptors (Lipinski definition) is 5. The van der Waals surface area contributed by atoms with Crippen molar-refractivity contribution in [2.24, 2.45) is 11.0 Å². The number of aromatic hydroxyl groups is 1. The van der Waals surface area contributed by atoms with E-state index in [-0.39, 0.29) is 34.8 Å². The second-order valence-electron chi connectivity index (χ2n) is 6.95. The maximum atomic E-state index is 13.9. The molecule has 0 saturated carbocycles. The molecule has 0 amide bonds. The van der Waals surface area contributed by atoms with E-state index in [9.17, 15) is 22.7 Å². The van der Waals surface area contributed by atoms with E-state index in [0.717, 1.165) is 6.07 Å². The Labute approximate surface area is 162 Å². The number of ether oxygens (including phenoxy) is 1. The molecular weight excluding hydrogens is 392 g/mol. The average Bonchev–Trinajstić information content (AvgIpc) is 3.04. The Kier molecular flexibility index (Phi) is 4.81. The van der Waals surface area contributed by atoms with E-state index in [1.54, 1.807) is 12.4 Å². The number of fused-ring (bicyclic) bond motifs is 1. The number of nitrogens with zero attached hydrogens (tertiary/aromatic N) is 4. The standard InChI is InChI=1S/C19H16F4N4O2/c1-10-4-12(19(21,22)23)5-16(28)17(10)14-6-24-15-8-27(26-18(15)25-14)7-11-2-3-29-9-13(11)20/h4-8,11,13H,2-3,9H2,1H3/p+1/b27-7-/t11?,13-/m1/s1. The van der Waals surface area contributed by atoms with Gasteiger partial charge in [0.2, 0.25) is 6.20 Å². The van der Waals surface area contributed by atoms with Gasteiger partial charge in [0, 0.05) is 17.3 Å². The summed E-state index contributed by atoms with van der Waals surface area (Å²) in [5, 5.41) is 14.9. The number of phenols is 1. The molecule has 152 valence electrons. The lowest BCUT2D eigenvalue weighted by molar-refractivity contribution is -0.425. The van der Waals surface area contributed by atoms with Gasteiger partial charge in [0.05, 0.1) is 30.0 Å². The number of aromatic nitrogens is 2. The molecule has 0 radical (unpaired) electrons. The highest BCUT2D eigenvalue weighted by atomic mass is 19.4. The molecule has 4 rings (SSSR count). The van der Waals surface area contributed by atoms with Gasteiger partial charge in [-0.2, -0.15) is 13.2 Å². The zero-order chi connectivity index (χ0) is 20.8. The first-order valence-electron chi connectivity index (χ1n) is 8.92. The van der Waals surface area contributed by atoms with Crippen LogP contribution in [-0.4, -0.2) is 45.4 Å². The molecule has 1 aromatic carbocycles. The molecule has 1 unspecified atom stereocenters. The Morgan fingerprint density at radius 1 is 1.31 bits per heavy atom. The fourth-order valence-corrected chi connectivity index (χ4v) is 3.36. The van der Waals surface area contributed by atoms with E-state index in [1.165, 1.54) is 17.8 Å². The first-order chi connectivity index (χ1) is 13.7. The summed E-state index contributed by atoms with van der Waals surface area (Å²) in [7, 11) is 0. The molecule has 2 aliphatic rings. The second kappa shape index (κ2) is 7.18. The lowest BCUT2D eigenvalue weighted by Gasteiger charge is -2.20. The largest absolute Gasteiger partial charge is 0.507 e. The predicted molar refractivity (Wildman–Crippen MR) is 94.3 cm³/mol. The van der Waals surface area contributed by atoms with Gasteiger partial charge < -0.3 is 9.84 Å². The highest BCUT2D eigenvalue weighted by Crippen LogP contribution is 2.37. The Hall–Kier alpha value is -2.88. The van der Waals surface area contributed by atoms with Gasteiger partial charge in [-0.15, -0.1) is 0 Å². The zero-order valence-corrected chi connectivity index (χ0v) is 15.3. The summed E-state index contributed by atoms with van der Waals surface area (Å²) in [6, 6.07) is 1.60. The van der Waals surface area contributed by atoms with Crippen LogP contribution in [-0.2, 0) is 10.9 Å². The molecule has 6 nitrogen and oxygen atoms in total. The third-order valence-electron chi connectivity index (χ3n) is 4.83. The van der Waals surface area contributed by atoms with Gasteiger partial charge in [0.25, 0.3) is 5.49 Å². The third-order valence-corrected chi connectivity index (χ3v) is 4.83. The predicted octanol–water partition coefficient (Wildman–Crippen LogP) is 1.92. The molecule has 1 N–H and O–H groups in total. The molecule has 1 aromatic heterocycles. The monoisotopic (exact) mass is 409 g/mol. The van der Waals surface area contributed by atoms with Crippen LogP contribution in [0.3, 0.4) is 0 Å². The van der Waals surface area contributed by atoms with Crippen LogP contribution in [0.5, 0.6) is 5.75 Å². The van der Waals surface area contributed by atoms with Crippen molar-refractivity contribution < 1.29 is 32.1 Å². The molecule has 1 fully saturated rings. The molecule has 0 bridgehead atoms. The van der Waals surface area contributed by atoms with E-state index in [4.69, 9.17) is 4.74 Å². The fraction of sp³-hybridized carbons (Fsp3) is 0.368. The van der Waals surface area contributed by atoms with Crippen LogP contribution in [0.1, 0.15) is 17.5 Å². The summed E-state index contributed by atoms with van der Waals surface area (Å²) in [5.74, 6) is -0.891. The van der Waals surface area contributed by atoms with Crippen molar-refractivity contribution in [1.82, 2.24) is 9.97 Å². The van der Waals surface area contributed by atoms with Crippen LogP contribution in [0.15, 0.2) is 23.4 Å². The van der Waals surface area contributed by atoms with Crippen molar-refractivity contribution in [2.75, 3.05) is 13.2 Å². The molecule has 2 aliphatic heterocycles. The van der Waals surface area contributed by atoms with E-state index in [1.807, 2.05) is 0 Å². The van der Waals surface area contributed by atoms with Crippen LogP contribution in [0.25, 0.3) is 17.5 Å². The van der Waals surface area contributed by atoms with Crippen LogP contribution >= 0.6 is 0 Å². The minimum atomic E-state index is -4.57. The molecular formula is C19H17F4N4O2+. The average molecular weight is 409 g/mol. The smallest absolute Gasteiger partial charge is 0.416 e. The molecule has 0 spiro atoms. The van der Waals surface area contributed by atoms with Crippen LogP contribution in [0.2, 0.25) is 0 Å². The molecule has 0 aliphatic carbocycles. The third kappa shape index (κ3) is 3.84. The Balaban J connectivity index is 1.71. The number of benzene rings is 1. The lowest BCUT2D eigenvalue weighted by atomic mass is 10.0. The Morgan fingerprint density at radius 3 is 2.79 bits per heavy atom. The highest BCUT2D eigenvalue weighted by Gasteiger charge is 2.32. The molecule has 10 heteroatoms. The minimum Gasteiger partial charge on any atom is -0.507 e. The SMILES string of the molecule is Cc1cc(C(F)(F)F)cc(O)c1-c1cnc2c(n1)=N/[N+](=C\C1CCOC[C@H]1F)C=2. The van der Waals surface area contributed by atoms with Gasteiger partial charge in [-0.05, 0) is 31.0 Å².